The first-order valence-corrected chi connectivity index (χ1v) is 5.87. The van der Waals surface area contributed by atoms with Gasteiger partial charge in [-0.3, -0.25) is 0 Å². The number of hydrogen-bond acceptors (Lipinski definition) is 0. The molecule has 0 amide bonds. The summed E-state index contributed by atoms with van der Waals surface area (Å²) >= 11 is 0. The summed E-state index contributed by atoms with van der Waals surface area (Å²) in [5.41, 5.74) is 0. The van der Waals surface area contributed by atoms with E-state index in [1.807, 2.05) is 0 Å². The second-order valence-electron chi connectivity index (χ2n) is 4.20. The van der Waals surface area contributed by atoms with Gasteiger partial charge in [0.05, 0.1) is 0 Å². The Hall–Kier alpha value is -0.260. The summed E-state index contributed by atoms with van der Waals surface area (Å²) < 4.78 is 0. The Morgan fingerprint density at radius 3 is 2.77 bits per heavy atom. The fourth-order valence-electron chi connectivity index (χ4n) is 2.13. The van der Waals surface area contributed by atoms with Gasteiger partial charge in [-0.25, -0.2) is 0 Å². The highest BCUT2D eigenvalue weighted by atomic mass is 14.1. The van der Waals surface area contributed by atoms with E-state index in [0.717, 1.165) is 12.3 Å². The summed E-state index contributed by atoms with van der Waals surface area (Å²) in [6, 6.07) is 0. The fourth-order valence-corrected chi connectivity index (χ4v) is 2.13. The highest BCUT2D eigenvalue weighted by Crippen LogP contribution is 2.23. The van der Waals surface area contributed by atoms with Crippen LogP contribution in [0.25, 0.3) is 0 Å². The minimum Gasteiger partial charge on any atom is -0.0885 e. The molecule has 0 N–H and O–H groups in total. The predicted molar refractivity (Wildman–Crippen MR) is 59.5 cm³/mol. The zero-order valence-electron chi connectivity index (χ0n) is 8.80. The topological polar surface area (TPSA) is 0 Å². The van der Waals surface area contributed by atoms with E-state index in [1.54, 1.807) is 0 Å². The van der Waals surface area contributed by atoms with Gasteiger partial charge in [-0.2, -0.15) is 0 Å². The lowest BCUT2D eigenvalue weighted by atomic mass is 9.89. The third-order valence-electron chi connectivity index (χ3n) is 3.00. The molecule has 1 radical (unpaired) electrons. The molecule has 1 rings (SSSR count). The Labute approximate surface area is 83.4 Å². The van der Waals surface area contributed by atoms with E-state index in [9.17, 15) is 0 Å². The average Bonchev–Trinajstić information content (AvgIpc) is 2.08. The van der Waals surface area contributed by atoms with Crippen molar-refractivity contribution in [1.82, 2.24) is 0 Å². The Morgan fingerprint density at radius 1 is 1.08 bits per heavy atom. The van der Waals surface area contributed by atoms with E-state index in [-0.39, 0.29) is 0 Å². The molecule has 0 heteroatoms. The highest BCUT2D eigenvalue weighted by Gasteiger charge is 2.08. The maximum atomic E-state index is 3.89. The molecule has 75 valence electrons. The number of rotatable bonds is 4. The van der Waals surface area contributed by atoms with Crippen LogP contribution in [0.1, 0.15) is 57.8 Å². The van der Waals surface area contributed by atoms with E-state index in [1.165, 1.54) is 51.4 Å². The highest BCUT2D eigenvalue weighted by molar-refractivity contribution is 4.84. The van der Waals surface area contributed by atoms with Gasteiger partial charge in [0.15, 0.2) is 0 Å². The molecule has 0 bridgehead atoms. The Morgan fingerprint density at radius 2 is 1.92 bits per heavy atom. The van der Waals surface area contributed by atoms with Crippen LogP contribution < -0.4 is 0 Å². The standard InChI is InChI=1S/C13H23/c1-2-3-7-10-13-11-8-5-4-6-9-12-13/h4-5,13H,1-3,6-12H2/b5-4-. The van der Waals surface area contributed by atoms with Crippen molar-refractivity contribution < 1.29 is 0 Å². The molecule has 0 aromatic heterocycles. The molecule has 0 aliphatic heterocycles. The quantitative estimate of drug-likeness (QED) is 0.440. The second-order valence-corrected chi connectivity index (χ2v) is 4.20. The van der Waals surface area contributed by atoms with Gasteiger partial charge in [0.1, 0.15) is 0 Å². The van der Waals surface area contributed by atoms with E-state index < -0.39 is 0 Å². The first-order chi connectivity index (χ1) is 6.43. The molecule has 1 aliphatic rings. The van der Waals surface area contributed by atoms with Gasteiger partial charge in [0.25, 0.3) is 0 Å². The normalized spacial score (nSPS) is 26.4. The summed E-state index contributed by atoms with van der Waals surface area (Å²) in [7, 11) is 0. The lowest BCUT2D eigenvalue weighted by Crippen LogP contribution is -2.01. The molecule has 1 aliphatic carbocycles. The number of unbranched alkanes of at least 4 members (excludes halogenated alkanes) is 2. The zero-order chi connectivity index (χ0) is 9.36. The molecule has 0 nitrogen and oxygen atoms in total. The van der Waals surface area contributed by atoms with Crippen LogP contribution in [0.2, 0.25) is 0 Å². The van der Waals surface area contributed by atoms with Crippen LogP contribution in [0.4, 0.5) is 0 Å². The fraction of sp³-hybridized carbons (Fsp3) is 0.769. The van der Waals surface area contributed by atoms with E-state index >= 15 is 0 Å². The molecule has 0 spiro atoms. The van der Waals surface area contributed by atoms with E-state index in [0.29, 0.717) is 0 Å². The summed E-state index contributed by atoms with van der Waals surface area (Å²) in [6.45, 7) is 3.89. The molecule has 0 fully saturated rings. The van der Waals surface area contributed by atoms with Crippen molar-refractivity contribution in [3.8, 4) is 0 Å². The van der Waals surface area contributed by atoms with Crippen molar-refractivity contribution >= 4 is 0 Å². The minimum absolute atomic E-state index is 1.01. The van der Waals surface area contributed by atoms with Crippen LogP contribution in [0.15, 0.2) is 12.2 Å². The Balaban J connectivity index is 2.12. The van der Waals surface area contributed by atoms with Crippen LogP contribution in [0, 0.1) is 12.8 Å². The van der Waals surface area contributed by atoms with Crippen LogP contribution in [-0.2, 0) is 0 Å². The van der Waals surface area contributed by atoms with Crippen molar-refractivity contribution in [2.45, 2.75) is 57.8 Å². The maximum absolute atomic E-state index is 3.89. The molecule has 1 unspecified atom stereocenters. The van der Waals surface area contributed by atoms with Gasteiger partial charge in [-0.15, -0.1) is 0 Å². The van der Waals surface area contributed by atoms with Crippen molar-refractivity contribution in [3.63, 3.8) is 0 Å². The van der Waals surface area contributed by atoms with Crippen LogP contribution >= 0.6 is 0 Å². The van der Waals surface area contributed by atoms with Gasteiger partial charge in [0.2, 0.25) is 0 Å². The summed E-state index contributed by atoms with van der Waals surface area (Å²) in [4.78, 5) is 0. The lowest BCUT2D eigenvalue weighted by molar-refractivity contribution is 0.392. The first kappa shape index (κ1) is 10.8. The van der Waals surface area contributed by atoms with Gasteiger partial charge >= 0.3 is 0 Å². The molecule has 0 saturated heterocycles. The first-order valence-electron chi connectivity index (χ1n) is 5.87. The van der Waals surface area contributed by atoms with Crippen molar-refractivity contribution in [1.29, 1.82) is 0 Å². The van der Waals surface area contributed by atoms with Gasteiger partial charge in [-0.1, -0.05) is 51.2 Å². The Kier molecular flexibility index (Phi) is 5.97. The molecular formula is C13H23. The second kappa shape index (κ2) is 7.17. The molecule has 0 aromatic rings. The smallest absolute Gasteiger partial charge is 0.0348 e. The van der Waals surface area contributed by atoms with Crippen LogP contribution in [0.5, 0.6) is 0 Å². The molecule has 1 atom stereocenters. The van der Waals surface area contributed by atoms with E-state index in [4.69, 9.17) is 0 Å². The average molecular weight is 179 g/mol. The van der Waals surface area contributed by atoms with Crippen molar-refractivity contribution in [2.75, 3.05) is 0 Å². The van der Waals surface area contributed by atoms with Gasteiger partial charge < -0.3 is 0 Å². The maximum Gasteiger partial charge on any atom is -0.0348 e. The largest absolute Gasteiger partial charge is 0.0885 e. The molecule has 0 aromatic carbocycles. The monoisotopic (exact) mass is 179 g/mol. The zero-order valence-corrected chi connectivity index (χ0v) is 8.80. The third-order valence-corrected chi connectivity index (χ3v) is 3.00. The van der Waals surface area contributed by atoms with Crippen molar-refractivity contribution in [3.05, 3.63) is 19.1 Å². The predicted octanol–water partition coefficient (Wildman–Crippen LogP) is 4.52. The van der Waals surface area contributed by atoms with Gasteiger partial charge in [0, 0.05) is 0 Å². The molecule has 0 saturated carbocycles. The van der Waals surface area contributed by atoms with E-state index in [2.05, 4.69) is 19.1 Å². The van der Waals surface area contributed by atoms with Crippen LogP contribution in [-0.4, -0.2) is 0 Å². The molecule has 0 heterocycles. The number of allylic oxidation sites excluding steroid dienone is 2. The van der Waals surface area contributed by atoms with Crippen molar-refractivity contribution in [2.24, 2.45) is 5.92 Å². The lowest BCUT2D eigenvalue weighted by Gasteiger charge is -2.16. The SMILES string of the molecule is [CH2]CCCCC1CC/C=C\CCC1. The third kappa shape index (κ3) is 5.13. The Bertz CT molecular complexity index is 135. The van der Waals surface area contributed by atoms with Gasteiger partial charge in [-0.05, 0) is 31.6 Å². The summed E-state index contributed by atoms with van der Waals surface area (Å²) in [5.74, 6) is 1.01. The summed E-state index contributed by atoms with van der Waals surface area (Å²) in [6.07, 6.45) is 16.9. The minimum atomic E-state index is 1.01. The molecule has 13 heavy (non-hydrogen) atoms. The molecular weight excluding hydrogens is 156 g/mol. The van der Waals surface area contributed by atoms with Crippen LogP contribution in [0.3, 0.4) is 0 Å². The number of hydrogen-bond donors (Lipinski definition) is 0. The summed E-state index contributed by atoms with van der Waals surface area (Å²) in [5, 5.41) is 0.